The van der Waals surface area contributed by atoms with E-state index in [1.165, 1.54) is 10.5 Å². The van der Waals surface area contributed by atoms with Gasteiger partial charge in [-0.3, -0.25) is 14.6 Å². The van der Waals surface area contributed by atoms with Crippen molar-refractivity contribution in [2.75, 3.05) is 16.8 Å². The highest BCUT2D eigenvalue weighted by atomic mass is 35.5. The third kappa shape index (κ3) is 4.99. The summed E-state index contributed by atoms with van der Waals surface area (Å²) in [6.45, 7) is 5.86. The Bertz CT molecular complexity index is 1200. The van der Waals surface area contributed by atoms with Crippen LogP contribution in [0, 0.1) is 0 Å². The molecule has 1 atom stereocenters. The summed E-state index contributed by atoms with van der Waals surface area (Å²) in [7, 11) is 0. The number of nitrogens with one attached hydrogen (secondary N) is 1. The van der Waals surface area contributed by atoms with Gasteiger partial charge in [0.2, 0.25) is 5.91 Å². The van der Waals surface area contributed by atoms with Crippen molar-refractivity contribution in [1.82, 2.24) is 0 Å². The van der Waals surface area contributed by atoms with Gasteiger partial charge in [0.15, 0.2) is 0 Å². The molecule has 1 N–H and O–H groups in total. The first kappa shape index (κ1) is 22.7. The predicted octanol–water partition coefficient (Wildman–Crippen LogP) is 5.67. The van der Waals surface area contributed by atoms with E-state index in [4.69, 9.17) is 16.6 Å². The number of anilines is 2. The highest BCUT2D eigenvalue weighted by molar-refractivity contribution is 6.32. The lowest BCUT2D eigenvalue weighted by molar-refractivity contribution is -0.122. The quantitative estimate of drug-likeness (QED) is 0.534. The molecule has 33 heavy (non-hydrogen) atoms. The van der Waals surface area contributed by atoms with E-state index in [1.807, 2.05) is 54.6 Å². The van der Waals surface area contributed by atoms with Crippen LogP contribution in [0.4, 0.5) is 11.4 Å². The van der Waals surface area contributed by atoms with Crippen molar-refractivity contribution in [3.63, 3.8) is 0 Å². The minimum absolute atomic E-state index is 0.124. The van der Waals surface area contributed by atoms with Crippen LogP contribution >= 0.6 is 11.6 Å². The maximum Gasteiger partial charge on any atom is 0.252 e. The maximum absolute atomic E-state index is 13.3. The molecule has 1 unspecified atom stereocenters. The van der Waals surface area contributed by atoms with Crippen LogP contribution in [0.25, 0.3) is 0 Å². The zero-order chi connectivity index (χ0) is 23.5. The molecule has 168 valence electrons. The molecule has 0 fully saturated rings. The van der Waals surface area contributed by atoms with Gasteiger partial charge in [-0.25, -0.2) is 0 Å². The lowest BCUT2D eigenvalue weighted by Gasteiger charge is -2.24. The van der Waals surface area contributed by atoms with Crippen LogP contribution in [0.15, 0.2) is 77.8 Å². The first-order valence-electron chi connectivity index (χ1n) is 11.0. The lowest BCUT2D eigenvalue weighted by Crippen LogP contribution is -2.42. The third-order valence-electron chi connectivity index (χ3n) is 5.66. The third-order valence-corrected chi connectivity index (χ3v) is 5.90. The van der Waals surface area contributed by atoms with E-state index in [9.17, 15) is 9.59 Å². The second kappa shape index (κ2) is 9.59. The number of hydrogen-bond donors (Lipinski definition) is 1. The molecule has 3 aromatic carbocycles. The average molecular weight is 460 g/mol. The monoisotopic (exact) mass is 459 g/mol. The van der Waals surface area contributed by atoms with Crippen molar-refractivity contribution in [3.05, 3.63) is 94.5 Å². The summed E-state index contributed by atoms with van der Waals surface area (Å²) in [5.41, 5.74) is 4.79. The van der Waals surface area contributed by atoms with Gasteiger partial charge in [0, 0.05) is 21.8 Å². The van der Waals surface area contributed by atoms with Crippen molar-refractivity contribution in [2.24, 2.45) is 4.99 Å². The smallest absolute Gasteiger partial charge is 0.252 e. The number of carbonyl (C=O) groups excluding carboxylic acids is 2. The summed E-state index contributed by atoms with van der Waals surface area (Å²) < 4.78 is 0. The molecule has 0 bridgehead atoms. The molecule has 3 aromatic rings. The molecule has 0 aromatic heterocycles. The molecule has 0 radical (unpaired) electrons. The predicted molar refractivity (Wildman–Crippen MR) is 135 cm³/mol. The highest BCUT2D eigenvalue weighted by Crippen LogP contribution is 2.31. The van der Waals surface area contributed by atoms with Gasteiger partial charge in [-0.1, -0.05) is 67.9 Å². The maximum atomic E-state index is 13.3. The second-order valence-electron chi connectivity index (χ2n) is 8.43. The fourth-order valence-corrected chi connectivity index (χ4v) is 4.05. The number of amides is 2. The Morgan fingerprint density at radius 3 is 2.42 bits per heavy atom. The molecule has 1 aliphatic rings. The molecule has 2 amide bonds. The zero-order valence-corrected chi connectivity index (χ0v) is 19.6. The second-order valence-corrected chi connectivity index (χ2v) is 8.87. The number of carbonyl (C=O) groups is 2. The number of nitrogens with zero attached hydrogens (tertiary/aromatic N) is 2. The molecule has 0 saturated heterocycles. The zero-order valence-electron chi connectivity index (χ0n) is 18.9. The molecule has 0 saturated carbocycles. The Kier molecular flexibility index (Phi) is 6.61. The number of fused-ring (bicyclic) bond motifs is 1. The topological polar surface area (TPSA) is 61.8 Å². The number of aliphatic imine (C=N–C) groups is 1. The van der Waals surface area contributed by atoms with Crippen LogP contribution in [0.5, 0.6) is 0 Å². The SMILES string of the molecule is CC1N=C(c2ccccc2)c2cc(Cl)ccc2N(CC(=O)Nc2ccc(C(C)C)cc2)C1=O. The minimum atomic E-state index is -0.649. The van der Waals surface area contributed by atoms with Gasteiger partial charge < -0.3 is 10.2 Å². The van der Waals surface area contributed by atoms with Gasteiger partial charge in [-0.2, -0.15) is 0 Å². The van der Waals surface area contributed by atoms with Crippen molar-refractivity contribution < 1.29 is 9.59 Å². The van der Waals surface area contributed by atoms with Crippen molar-refractivity contribution in [3.8, 4) is 0 Å². The van der Waals surface area contributed by atoms with E-state index < -0.39 is 6.04 Å². The number of hydrogen-bond acceptors (Lipinski definition) is 3. The Hall–Kier alpha value is -3.44. The van der Waals surface area contributed by atoms with Gasteiger partial charge in [-0.15, -0.1) is 0 Å². The Labute approximate surface area is 199 Å². The molecule has 0 spiro atoms. The largest absolute Gasteiger partial charge is 0.325 e. The summed E-state index contributed by atoms with van der Waals surface area (Å²) >= 11 is 6.31. The number of halogens is 1. The van der Waals surface area contributed by atoms with E-state index in [0.29, 0.717) is 28.0 Å². The first-order chi connectivity index (χ1) is 15.8. The molecule has 5 nitrogen and oxygen atoms in total. The number of benzene rings is 3. The molecular formula is C27H26ClN3O2. The van der Waals surface area contributed by atoms with Crippen molar-refractivity contribution in [1.29, 1.82) is 0 Å². The highest BCUT2D eigenvalue weighted by Gasteiger charge is 2.31. The van der Waals surface area contributed by atoms with E-state index in [1.54, 1.807) is 25.1 Å². The standard InChI is InChI=1S/C27H26ClN3O2/c1-17(2)19-9-12-22(13-10-19)30-25(32)16-31-24-14-11-21(28)15-23(24)26(29-18(3)27(31)33)20-7-5-4-6-8-20/h4-15,17-18H,16H2,1-3H3,(H,30,32). The summed E-state index contributed by atoms with van der Waals surface area (Å²) in [4.78, 5) is 32.4. The Morgan fingerprint density at radius 1 is 1.06 bits per heavy atom. The van der Waals surface area contributed by atoms with E-state index >= 15 is 0 Å². The van der Waals surface area contributed by atoms with Crippen LogP contribution < -0.4 is 10.2 Å². The normalized spacial score (nSPS) is 15.7. The van der Waals surface area contributed by atoms with Crippen LogP contribution in [0.2, 0.25) is 5.02 Å². The van der Waals surface area contributed by atoms with E-state index in [-0.39, 0.29) is 18.4 Å². The molecule has 1 heterocycles. The molecular weight excluding hydrogens is 434 g/mol. The molecule has 0 aliphatic carbocycles. The summed E-state index contributed by atoms with van der Waals surface area (Å²) in [6.07, 6.45) is 0. The summed E-state index contributed by atoms with van der Waals surface area (Å²) in [5.74, 6) is -0.111. The van der Waals surface area contributed by atoms with E-state index in [2.05, 4.69) is 19.2 Å². The van der Waals surface area contributed by atoms with Gasteiger partial charge >= 0.3 is 0 Å². The molecule has 6 heteroatoms. The van der Waals surface area contributed by atoms with Crippen LogP contribution in [0.1, 0.15) is 43.4 Å². The van der Waals surface area contributed by atoms with Crippen LogP contribution in [-0.4, -0.2) is 30.1 Å². The van der Waals surface area contributed by atoms with E-state index in [0.717, 1.165) is 11.1 Å². The summed E-state index contributed by atoms with van der Waals surface area (Å²) in [6, 6.07) is 22.1. The van der Waals surface area contributed by atoms with Crippen LogP contribution in [0.3, 0.4) is 0 Å². The van der Waals surface area contributed by atoms with Gasteiger partial charge in [0.1, 0.15) is 12.6 Å². The van der Waals surface area contributed by atoms with Crippen LogP contribution in [-0.2, 0) is 9.59 Å². The lowest BCUT2D eigenvalue weighted by atomic mass is 10.00. The Balaban J connectivity index is 1.65. The minimum Gasteiger partial charge on any atom is -0.325 e. The average Bonchev–Trinajstić information content (AvgIpc) is 2.90. The van der Waals surface area contributed by atoms with Gasteiger partial charge in [0.05, 0.1) is 11.4 Å². The Morgan fingerprint density at radius 2 is 1.76 bits per heavy atom. The summed E-state index contributed by atoms with van der Waals surface area (Å²) in [5, 5.41) is 3.44. The van der Waals surface area contributed by atoms with Gasteiger partial charge in [-0.05, 0) is 48.7 Å². The fourth-order valence-electron chi connectivity index (χ4n) is 3.88. The number of benzodiazepines with no additional fused rings is 1. The fraction of sp³-hybridized carbons (Fsp3) is 0.222. The molecule has 1 aliphatic heterocycles. The molecule has 4 rings (SSSR count). The van der Waals surface area contributed by atoms with Gasteiger partial charge in [0.25, 0.3) is 5.91 Å². The number of rotatable bonds is 5. The van der Waals surface area contributed by atoms with Crippen molar-refractivity contribution in [2.45, 2.75) is 32.7 Å². The first-order valence-corrected chi connectivity index (χ1v) is 11.4. The van der Waals surface area contributed by atoms with Crippen molar-refractivity contribution >= 4 is 40.5 Å².